The van der Waals surface area contributed by atoms with Crippen molar-refractivity contribution in [3.63, 3.8) is 0 Å². The van der Waals surface area contributed by atoms with Crippen LogP contribution in [0.25, 0.3) is 6.08 Å². The molecule has 0 saturated carbocycles. The lowest BCUT2D eigenvalue weighted by atomic mass is 10.1. The van der Waals surface area contributed by atoms with Crippen molar-refractivity contribution in [2.45, 2.75) is 0 Å². The average Bonchev–Trinajstić information content (AvgIpc) is 2.64. The van der Waals surface area contributed by atoms with Crippen LogP contribution in [0.4, 0.5) is 4.39 Å². The minimum absolute atomic E-state index is 0.00590. The van der Waals surface area contributed by atoms with Crippen molar-refractivity contribution in [2.24, 2.45) is 0 Å². The Kier molecular flexibility index (Phi) is 6.02. The molecule has 2 aromatic carbocycles. The predicted molar refractivity (Wildman–Crippen MR) is 88.4 cm³/mol. The number of rotatable bonds is 6. The van der Waals surface area contributed by atoms with Gasteiger partial charge in [-0.3, -0.25) is 4.79 Å². The molecule has 0 heterocycles. The molecule has 25 heavy (non-hydrogen) atoms. The first kappa shape index (κ1) is 17.9. The lowest BCUT2D eigenvalue weighted by Crippen LogP contribution is -2.13. The fourth-order valence-electron chi connectivity index (χ4n) is 1.99. The number of esters is 1. The second-order valence-electron chi connectivity index (χ2n) is 4.94. The number of hydrogen-bond acceptors (Lipinski definition) is 5. The maximum atomic E-state index is 13.3. The van der Waals surface area contributed by atoms with Crippen LogP contribution in [0.5, 0.6) is 5.75 Å². The fraction of sp³-hybridized carbons (Fsp3) is 0.105. The van der Waals surface area contributed by atoms with E-state index in [1.165, 1.54) is 25.3 Å². The summed E-state index contributed by atoms with van der Waals surface area (Å²) in [6.07, 6.45) is 2.66. The van der Waals surface area contributed by atoms with E-state index in [1.54, 1.807) is 24.3 Å². The SMILES string of the molecule is COc1ccc(F)cc1C(=O)COC(=O)/C=C/c1ccc(C#N)cc1. The first-order chi connectivity index (χ1) is 12.0. The summed E-state index contributed by atoms with van der Waals surface area (Å²) < 4.78 is 23.1. The Morgan fingerprint density at radius 1 is 1.20 bits per heavy atom. The summed E-state index contributed by atoms with van der Waals surface area (Å²) in [7, 11) is 1.36. The minimum Gasteiger partial charge on any atom is -0.496 e. The van der Waals surface area contributed by atoms with Crippen molar-refractivity contribution in [3.05, 3.63) is 71.0 Å². The Labute approximate surface area is 143 Å². The number of ketones is 1. The van der Waals surface area contributed by atoms with Crippen LogP contribution in [0.2, 0.25) is 0 Å². The number of benzene rings is 2. The van der Waals surface area contributed by atoms with E-state index >= 15 is 0 Å². The van der Waals surface area contributed by atoms with Crippen LogP contribution in [-0.4, -0.2) is 25.5 Å². The Morgan fingerprint density at radius 2 is 1.92 bits per heavy atom. The minimum atomic E-state index is -0.715. The molecule has 0 aromatic heterocycles. The van der Waals surface area contributed by atoms with Gasteiger partial charge in [-0.25, -0.2) is 9.18 Å². The quantitative estimate of drug-likeness (QED) is 0.459. The molecule has 0 spiro atoms. The molecule has 0 saturated heterocycles. The number of hydrogen-bond donors (Lipinski definition) is 0. The van der Waals surface area contributed by atoms with Crippen LogP contribution in [0.1, 0.15) is 21.5 Å². The third-order valence-electron chi connectivity index (χ3n) is 3.26. The second-order valence-corrected chi connectivity index (χ2v) is 4.94. The highest BCUT2D eigenvalue weighted by molar-refractivity contribution is 6.01. The summed E-state index contributed by atoms with van der Waals surface area (Å²) in [6, 6.07) is 12.1. The lowest BCUT2D eigenvalue weighted by molar-refractivity contribution is -0.136. The molecule has 6 heteroatoms. The topological polar surface area (TPSA) is 76.4 Å². The van der Waals surface area contributed by atoms with Gasteiger partial charge in [-0.15, -0.1) is 0 Å². The van der Waals surface area contributed by atoms with E-state index in [-0.39, 0.29) is 11.3 Å². The maximum absolute atomic E-state index is 13.3. The number of carbonyl (C=O) groups is 2. The first-order valence-corrected chi connectivity index (χ1v) is 7.25. The number of methoxy groups -OCH3 is 1. The Morgan fingerprint density at radius 3 is 2.56 bits per heavy atom. The molecule has 0 bridgehead atoms. The first-order valence-electron chi connectivity index (χ1n) is 7.25. The van der Waals surface area contributed by atoms with Crippen molar-refractivity contribution in [3.8, 4) is 11.8 Å². The maximum Gasteiger partial charge on any atom is 0.331 e. The van der Waals surface area contributed by atoms with Gasteiger partial charge in [-0.2, -0.15) is 5.26 Å². The van der Waals surface area contributed by atoms with Gasteiger partial charge >= 0.3 is 5.97 Å². The highest BCUT2D eigenvalue weighted by atomic mass is 19.1. The molecule has 0 aliphatic heterocycles. The van der Waals surface area contributed by atoms with Crippen molar-refractivity contribution in [1.29, 1.82) is 5.26 Å². The van der Waals surface area contributed by atoms with E-state index in [9.17, 15) is 14.0 Å². The molecule has 2 aromatic rings. The molecule has 0 fully saturated rings. The normalized spacial score (nSPS) is 10.3. The van der Waals surface area contributed by atoms with Gasteiger partial charge in [-0.1, -0.05) is 12.1 Å². The number of carbonyl (C=O) groups excluding carboxylic acids is 2. The molecular formula is C19H14FNO4. The smallest absolute Gasteiger partial charge is 0.331 e. The van der Waals surface area contributed by atoms with Crippen molar-refractivity contribution < 1.29 is 23.5 Å². The molecule has 0 amide bonds. The molecule has 0 unspecified atom stereocenters. The van der Waals surface area contributed by atoms with E-state index in [4.69, 9.17) is 14.7 Å². The summed E-state index contributed by atoms with van der Waals surface area (Å²) in [5.74, 6) is -1.67. The van der Waals surface area contributed by atoms with E-state index in [2.05, 4.69) is 0 Å². The number of ether oxygens (including phenoxy) is 2. The molecule has 0 aliphatic carbocycles. The fourth-order valence-corrected chi connectivity index (χ4v) is 1.99. The Bertz CT molecular complexity index is 851. The summed E-state index contributed by atoms with van der Waals surface area (Å²) >= 11 is 0. The van der Waals surface area contributed by atoms with Gasteiger partial charge in [0.2, 0.25) is 5.78 Å². The van der Waals surface area contributed by atoms with E-state index in [0.29, 0.717) is 11.1 Å². The van der Waals surface area contributed by atoms with Crippen molar-refractivity contribution in [2.75, 3.05) is 13.7 Å². The third-order valence-corrected chi connectivity index (χ3v) is 3.26. The van der Waals surface area contributed by atoms with E-state index < -0.39 is 24.2 Å². The van der Waals surface area contributed by atoms with Gasteiger partial charge in [0, 0.05) is 6.08 Å². The van der Waals surface area contributed by atoms with Gasteiger partial charge in [0.25, 0.3) is 0 Å². The van der Waals surface area contributed by atoms with Crippen molar-refractivity contribution >= 4 is 17.8 Å². The predicted octanol–water partition coefficient (Wildman–Crippen LogP) is 3.15. The van der Waals surface area contributed by atoms with Gasteiger partial charge in [0.1, 0.15) is 11.6 Å². The summed E-state index contributed by atoms with van der Waals surface area (Å²) in [5.41, 5.74) is 1.22. The number of nitriles is 1. The largest absolute Gasteiger partial charge is 0.496 e. The molecule has 0 aliphatic rings. The van der Waals surface area contributed by atoms with Gasteiger partial charge in [0.05, 0.1) is 24.3 Å². The second kappa shape index (κ2) is 8.41. The molecule has 0 N–H and O–H groups in total. The van der Waals surface area contributed by atoms with E-state index in [0.717, 1.165) is 12.1 Å². The van der Waals surface area contributed by atoms with Crippen LogP contribution < -0.4 is 4.74 Å². The number of nitrogens with zero attached hydrogens (tertiary/aromatic N) is 1. The zero-order chi connectivity index (χ0) is 18.2. The molecular weight excluding hydrogens is 325 g/mol. The van der Waals surface area contributed by atoms with Crippen LogP contribution in [0.15, 0.2) is 48.5 Å². The van der Waals surface area contributed by atoms with Gasteiger partial charge in [0.15, 0.2) is 6.61 Å². The zero-order valence-electron chi connectivity index (χ0n) is 13.4. The van der Waals surface area contributed by atoms with Gasteiger partial charge < -0.3 is 9.47 Å². The Balaban J connectivity index is 1.95. The zero-order valence-corrected chi connectivity index (χ0v) is 13.4. The van der Waals surface area contributed by atoms with Crippen LogP contribution >= 0.6 is 0 Å². The highest BCUT2D eigenvalue weighted by Gasteiger charge is 2.15. The van der Waals surface area contributed by atoms with Crippen LogP contribution in [0, 0.1) is 17.1 Å². The summed E-state index contributed by atoms with van der Waals surface area (Å²) in [6.45, 7) is -0.531. The number of halogens is 1. The van der Waals surface area contributed by atoms with Crippen molar-refractivity contribution in [1.82, 2.24) is 0 Å². The molecule has 0 radical (unpaired) electrons. The monoisotopic (exact) mass is 339 g/mol. The molecule has 0 atom stereocenters. The molecule has 5 nitrogen and oxygen atoms in total. The standard InChI is InChI=1S/C19H14FNO4/c1-24-18-8-7-15(20)10-16(18)17(22)12-25-19(23)9-6-13-2-4-14(11-21)5-3-13/h2-10H,12H2,1H3/b9-6+. The molecule has 126 valence electrons. The van der Waals surface area contributed by atoms with Gasteiger partial charge in [-0.05, 0) is 42.0 Å². The Hall–Kier alpha value is -3.46. The van der Waals surface area contributed by atoms with Crippen LogP contribution in [-0.2, 0) is 9.53 Å². The highest BCUT2D eigenvalue weighted by Crippen LogP contribution is 2.20. The summed E-state index contributed by atoms with van der Waals surface area (Å²) in [4.78, 5) is 23.7. The summed E-state index contributed by atoms with van der Waals surface area (Å²) in [5, 5.41) is 8.71. The van der Waals surface area contributed by atoms with E-state index in [1.807, 2.05) is 6.07 Å². The third kappa shape index (κ3) is 5.01. The van der Waals surface area contributed by atoms with Crippen LogP contribution in [0.3, 0.4) is 0 Å². The lowest BCUT2D eigenvalue weighted by Gasteiger charge is -2.07. The number of Topliss-reactive ketones (excluding diaryl/α,β-unsaturated/α-hetero) is 1. The molecule has 2 rings (SSSR count). The average molecular weight is 339 g/mol.